The number of amidine groups is 1. The van der Waals surface area contributed by atoms with Gasteiger partial charge in [-0.2, -0.15) is 0 Å². The topological polar surface area (TPSA) is 92.4 Å². The number of nitrogens with two attached hydrogens (primary N) is 1. The fourth-order valence-corrected chi connectivity index (χ4v) is 1.75. The monoisotopic (exact) mass is 316 g/mol. The van der Waals surface area contributed by atoms with E-state index in [1.807, 2.05) is 0 Å². The summed E-state index contributed by atoms with van der Waals surface area (Å²) in [5.74, 6) is 0.290. The molecule has 0 bridgehead atoms. The number of methoxy groups -OCH3 is 4. The highest BCUT2D eigenvalue weighted by Gasteiger charge is 2.25. The van der Waals surface area contributed by atoms with E-state index in [4.69, 9.17) is 36.3 Å². The molecule has 0 aliphatic rings. The minimum Gasteiger partial charge on any atom is -0.493 e. The van der Waals surface area contributed by atoms with E-state index >= 15 is 0 Å². The van der Waals surface area contributed by atoms with Gasteiger partial charge in [-0.3, -0.25) is 0 Å². The first-order valence-electron chi connectivity index (χ1n) is 5.84. The molecular weight excluding hydrogens is 300 g/mol. The highest BCUT2D eigenvalue weighted by atomic mass is 35.5. The molecule has 0 unspecified atom stereocenters. The summed E-state index contributed by atoms with van der Waals surface area (Å²) in [6.45, 7) is 0. The minimum atomic E-state index is -0.615. The van der Waals surface area contributed by atoms with Crippen molar-refractivity contribution in [1.29, 1.82) is 0 Å². The number of carbonyl (C=O) groups is 1. The van der Waals surface area contributed by atoms with Gasteiger partial charge < -0.3 is 24.7 Å². The summed E-state index contributed by atoms with van der Waals surface area (Å²) in [4.78, 5) is 16.0. The average molecular weight is 317 g/mol. The Morgan fingerprint density at radius 1 is 1.19 bits per heavy atom. The van der Waals surface area contributed by atoms with Gasteiger partial charge in [0.2, 0.25) is 5.75 Å². The maximum atomic E-state index is 11.9. The summed E-state index contributed by atoms with van der Waals surface area (Å²) in [5.41, 5.74) is 5.93. The predicted molar refractivity (Wildman–Crippen MR) is 79.4 cm³/mol. The molecule has 116 valence electrons. The predicted octanol–water partition coefficient (Wildman–Crippen LogP) is 1.73. The number of hydrogen-bond donors (Lipinski definition) is 1. The van der Waals surface area contributed by atoms with Gasteiger partial charge in [-0.1, -0.05) is 0 Å². The Morgan fingerprint density at radius 2 is 1.81 bits per heavy atom. The number of aliphatic imine (C=N–C) groups is 1. The number of benzene rings is 1. The zero-order chi connectivity index (χ0) is 16.0. The number of alkyl halides is 1. The van der Waals surface area contributed by atoms with E-state index in [0.29, 0.717) is 5.75 Å². The average Bonchev–Trinajstić information content (AvgIpc) is 2.52. The molecule has 0 aromatic heterocycles. The van der Waals surface area contributed by atoms with Crippen molar-refractivity contribution >= 4 is 29.1 Å². The largest absolute Gasteiger partial charge is 0.493 e. The summed E-state index contributed by atoms with van der Waals surface area (Å²) in [7, 11) is 5.54. The minimum absolute atomic E-state index is 0.00187. The highest BCUT2D eigenvalue weighted by molar-refractivity contribution is 6.28. The van der Waals surface area contributed by atoms with Gasteiger partial charge in [0.15, 0.2) is 11.5 Å². The van der Waals surface area contributed by atoms with Crippen molar-refractivity contribution < 1.29 is 23.7 Å². The summed E-state index contributed by atoms with van der Waals surface area (Å²) in [6.07, 6.45) is 0. The van der Waals surface area contributed by atoms with Crippen LogP contribution >= 0.6 is 11.6 Å². The van der Waals surface area contributed by atoms with Crippen molar-refractivity contribution in [3.05, 3.63) is 11.6 Å². The molecule has 2 N–H and O–H groups in total. The SMILES string of the molecule is COC(=O)c1cc(OC)c(OC)c(OC)c1N=C(N)CCl. The van der Waals surface area contributed by atoms with Crippen LogP contribution in [0.3, 0.4) is 0 Å². The van der Waals surface area contributed by atoms with Crippen LogP contribution in [0.25, 0.3) is 0 Å². The van der Waals surface area contributed by atoms with E-state index in [9.17, 15) is 4.79 Å². The van der Waals surface area contributed by atoms with E-state index < -0.39 is 5.97 Å². The van der Waals surface area contributed by atoms with Crippen LogP contribution in [0.4, 0.5) is 5.69 Å². The molecule has 0 aliphatic heterocycles. The first-order valence-corrected chi connectivity index (χ1v) is 6.37. The van der Waals surface area contributed by atoms with Gasteiger partial charge in [0.05, 0.1) is 39.9 Å². The summed E-state index contributed by atoms with van der Waals surface area (Å²) in [6, 6.07) is 1.44. The van der Waals surface area contributed by atoms with Gasteiger partial charge in [-0.15, -0.1) is 11.6 Å². The van der Waals surface area contributed by atoms with E-state index in [-0.39, 0.29) is 34.5 Å². The summed E-state index contributed by atoms with van der Waals surface area (Å²) in [5, 5.41) is 0. The zero-order valence-electron chi connectivity index (χ0n) is 12.2. The fourth-order valence-electron chi connectivity index (χ4n) is 1.69. The molecule has 21 heavy (non-hydrogen) atoms. The molecular formula is C13H17ClN2O5. The van der Waals surface area contributed by atoms with Crippen LogP contribution in [0.1, 0.15) is 10.4 Å². The van der Waals surface area contributed by atoms with Crippen molar-refractivity contribution in [1.82, 2.24) is 0 Å². The Balaban J connectivity index is 3.72. The molecule has 1 aromatic carbocycles. The molecule has 0 heterocycles. The standard InChI is InChI=1S/C13H17ClN2O5/c1-18-8-5-7(13(17)21-4)10(16-9(15)6-14)12(20-3)11(8)19-2/h5H,6H2,1-4H3,(H2,15,16). The number of carbonyl (C=O) groups excluding carboxylic acids is 1. The molecule has 8 heteroatoms. The second kappa shape index (κ2) is 7.58. The van der Waals surface area contributed by atoms with E-state index in [2.05, 4.69) is 4.99 Å². The van der Waals surface area contributed by atoms with E-state index in [1.54, 1.807) is 0 Å². The number of halogens is 1. The van der Waals surface area contributed by atoms with Gasteiger partial charge in [-0.05, 0) is 0 Å². The first kappa shape index (κ1) is 16.9. The third-order valence-electron chi connectivity index (χ3n) is 2.60. The smallest absolute Gasteiger partial charge is 0.340 e. The van der Waals surface area contributed by atoms with Crippen LogP contribution in [0.2, 0.25) is 0 Å². The molecule has 0 fully saturated rings. The first-order chi connectivity index (χ1) is 10.0. The molecule has 0 radical (unpaired) electrons. The fraction of sp³-hybridized carbons (Fsp3) is 0.385. The molecule has 0 atom stereocenters. The molecule has 7 nitrogen and oxygen atoms in total. The van der Waals surface area contributed by atoms with E-state index in [1.165, 1.54) is 34.5 Å². The lowest BCUT2D eigenvalue weighted by atomic mass is 10.1. The third-order valence-corrected chi connectivity index (χ3v) is 2.88. The maximum Gasteiger partial charge on any atom is 0.340 e. The highest BCUT2D eigenvalue weighted by Crippen LogP contribution is 2.46. The van der Waals surface area contributed by atoms with Crippen molar-refractivity contribution in [2.75, 3.05) is 34.3 Å². The normalized spacial score (nSPS) is 11.0. The maximum absolute atomic E-state index is 11.9. The number of nitrogens with zero attached hydrogens (tertiary/aromatic N) is 1. The quantitative estimate of drug-likeness (QED) is 0.372. The number of hydrogen-bond acceptors (Lipinski definition) is 6. The van der Waals surface area contributed by atoms with Crippen LogP contribution in [0.5, 0.6) is 17.2 Å². The Hall–Kier alpha value is -2.15. The Labute approximate surface area is 127 Å². The molecule has 0 saturated carbocycles. The van der Waals surface area contributed by atoms with Crippen molar-refractivity contribution in [3.8, 4) is 17.2 Å². The molecule has 0 amide bonds. The van der Waals surface area contributed by atoms with Gasteiger partial charge in [-0.25, -0.2) is 9.79 Å². The van der Waals surface area contributed by atoms with Crippen molar-refractivity contribution in [2.45, 2.75) is 0 Å². The van der Waals surface area contributed by atoms with Crippen molar-refractivity contribution in [2.24, 2.45) is 10.7 Å². The van der Waals surface area contributed by atoms with Crippen LogP contribution in [-0.2, 0) is 4.74 Å². The lowest BCUT2D eigenvalue weighted by Gasteiger charge is -2.16. The number of rotatable bonds is 6. The number of ether oxygens (including phenoxy) is 4. The lowest BCUT2D eigenvalue weighted by Crippen LogP contribution is -2.13. The zero-order valence-corrected chi connectivity index (χ0v) is 13.0. The third kappa shape index (κ3) is 3.49. The van der Waals surface area contributed by atoms with Crippen LogP contribution in [0, 0.1) is 0 Å². The Kier molecular flexibility index (Phi) is 6.10. The van der Waals surface area contributed by atoms with Gasteiger partial charge in [0.1, 0.15) is 11.5 Å². The Bertz CT molecular complexity index is 560. The Morgan fingerprint density at radius 3 is 2.24 bits per heavy atom. The van der Waals surface area contributed by atoms with Gasteiger partial charge in [0, 0.05) is 6.07 Å². The second-order valence-corrected chi connectivity index (χ2v) is 4.04. The summed E-state index contributed by atoms with van der Waals surface area (Å²) < 4.78 is 20.4. The lowest BCUT2D eigenvalue weighted by molar-refractivity contribution is 0.0601. The molecule has 1 aromatic rings. The summed E-state index contributed by atoms with van der Waals surface area (Å²) >= 11 is 5.63. The van der Waals surface area contributed by atoms with Gasteiger partial charge >= 0.3 is 5.97 Å². The van der Waals surface area contributed by atoms with Crippen LogP contribution in [0.15, 0.2) is 11.1 Å². The second-order valence-electron chi connectivity index (χ2n) is 3.77. The van der Waals surface area contributed by atoms with E-state index in [0.717, 1.165) is 0 Å². The molecule has 0 spiro atoms. The number of esters is 1. The molecule has 1 rings (SSSR count). The van der Waals surface area contributed by atoms with Crippen LogP contribution in [-0.4, -0.2) is 46.1 Å². The van der Waals surface area contributed by atoms with Crippen LogP contribution < -0.4 is 19.9 Å². The van der Waals surface area contributed by atoms with Gasteiger partial charge in [0.25, 0.3) is 0 Å². The molecule has 0 aliphatic carbocycles. The molecule has 0 saturated heterocycles. The van der Waals surface area contributed by atoms with Crippen molar-refractivity contribution in [3.63, 3.8) is 0 Å².